The standard InChI is InChI=1S/C27H32N4O/c1-19(2)30-13-15-31(16-14-30)23-9-6-20(7-10-23)21-8-11-25-22(17-21)18-24(27(32)29-25)26-5-3-4-12-28-26/h3-12,19,22,24H,13-18H2,1-2H3,(H,29,32)/i17D,18D2,22D,24D/hD. The molecule has 0 spiro atoms. The van der Waals surface area contributed by atoms with Crippen LogP contribution < -0.4 is 10.2 Å². The Labute approximate surface area is 199 Å². The third kappa shape index (κ3) is 4.22. The Kier molecular flexibility index (Phi) is 4.18. The highest BCUT2D eigenvalue weighted by Crippen LogP contribution is 2.39. The number of hydrogen-bond acceptors (Lipinski definition) is 4. The van der Waals surface area contributed by atoms with Gasteiger partial charge in [0.2, 0.25) is 5.91 Å². The van der Waals surface area contributed by atoms with Gasteiger partial charge in [-0.2, -0.15) is 0 Å². The van der Waals surface area contributed by atoms with Gasteiger partial charge in [-0.25, -0.2) is 0 Å². The van der Waals surface area contributed by atoms with Crippen LogP contribution in [0.3, 0.4) is 0 Å². The Morgan fingerprint density at radius 3 is 2.59 bits per heavy atom. The second-order valence-corrected chi connectivity index (χ2v) is 8.53. The lowest BCUT2D eigenvalue weighted by Crippen LogP contribution is -2.48. The van der Waals surface area contributed by atoms with Crippen LogP contribution in [0.5, 0.6) is 0 Å². The largest absolute Gasteiger partial charge is 0.369 e. The van der Waals surface area contributed by atoms with Crippen LogP contribution in [0.15, 0.2) is 66.5 Å². The van der Waals surface area contributed by atoms with Crippen LogP contribution in [0.2, 0.25) is 1.41 Å². The van der Waals surface area contributed by atoms with Crippen molar-refractivity contribution in [3.05, 3.63) is 77.8 Å². The molecule has 0 radical (unpaired) electrons. The van der Waals surface area contributed by atoms with E-state index in [9.17, 15) is 6.17 Å². The Balaban J connectivity index is 1.48. The summed E-state index contributed by atoms with van der Waals surface area (Å²) in [7, 11) is 0. The summed E-state index contributed by atoms with van der Waals surface area (Å²) >= 11 is 0. The fourth-order valence-electron chi connectivity index (χ4n) is 4.31. The van der Waals surface area contributed by atoms with Crippen molar-refractivity contribution < 1.29 is 13.1 Å². The summed E-state index contributed by atoms with van der Waals surface area (Å²) in [5, 5.41) is 0.407. The molecule has 2 aromatic rings. The van der Waals surface area contributed by atoms with E-state index in [-0.39, 0.29) is 11.4 Å². The van der Waals surface area contributed by atoms with Gasteiger partial charge in [-0.15, -0.1) is 0 Å². The zero-order valence-corrected chi connectivity index (χ0v) is 18.5. The van der Waals surface area contributed by atoms with Gasteiger partial charge in [0.15, 0.2) is 1.41 Å². The van der Waals surface area contributed by atoms with Crippen LogP contribution in [0.4, 0.5) is 5.69 Å². The first kappa shape index (κ1) is 15.0. The molecule has 3 unspecified atom stereocenters. The van der Waals surface area contributed by atoms with Crippen molar-refractivity contribution in [2.45, 2.75) is 38.6 Å². The van der Waals surface area contributed by atoms with Gasteiger partial charge >= 0.3 is 0 Å². The van der Waals surface area contributed by atoms with Crippen LogP contribution in [0.1, 0.15) is 50.6 Å². The number of benzene rings is 1. The van der Waals surface area contributed by atoms with Crippen molar-refractivity contribution in [2.75, 3.05) is 31.1 Å². The van der Waals surface area contributed by atoms with E-state index in [1.807, 2.05) is 24.3 Å². The van der Waals surface area contributed by atoms with Crippen molar-refractivity contribution >= 4 is 17.2 Å². The molecule has 1 aromatic carbocycles. The van der Waals surface area contributed by atoms with E-state index in [1.165, 1.54) is 24.4 Å². The Bertz CT molecular complexity index is 1280. The molecule has 3 atom stereocenters. The van der Waals surface area contributed by atoms with Gasteiger partial charge in [0.1, 0.15) is 0 Å². The Morgan fingerprint density at radius 1 is 1.12 bits per heavy atom. The smallest absolute Gasteiger partial charge is 0.233 e. The van der Waals surface area contributed by atoms with E-state index in [0.717, 1.165) is 31.9 Å². The molecule has 1 aliphatic carbocycles. The van der Waals surface area contributed by atoms with Gasteiger partial charge in [0.25, 0.3) is 0 Å². The highest BCUT2D eigenvalue weighted by Gasteiger charge is 2.35. The SMILES string of the molecule is [2H]C1C(c2ccc(N3CCN(C(C)C)CC3)cc2)=CC=C2N([2H])C(=O)C([2H])(c3ccccn3)C([2H])([2H])C21[2H]. The molecule has 1 aromatic heterocycles. The number of allylic oxidation sites excluding steroid dienone is 4. The number of amides is 1. The topological polar surface area (TPSA) is 48.5 Å². The third-order valence-corrected chi connectivity index (χ3v) is 6.22. The number of nitrogens with zero attached hydrogens (tertiary/aromatic N) is 3. The molecule has 2 saturated heterocycles. The maximum absolute atomic E-state index is 13.2. The van der Waals surface area contributed by atoms with Crippen molar-refractivity contribution in [1.29, 1.82) is 0 Å². The van der Waals surface area contributed by atoms with Gasteiger partial charge in [-0.05, 0) is 68.1 Å². The predicted octanol–water partition coefficient (Wildman–Crippen LogP) is 4.20. The summed E-state index contributed by atoms with van der Waals surface area (Å²) in [5.41, 5.74) is 1.67. The van der Waals surface area contributed by atoms with Crippen molar-refractivity contribution in [3.8, 4) is 0 Å². The highest BCUT2D eigenvalue weighted by atomic mass is 16.2. The van der Waals surface area contributed by atoms with Crippen molar-refractivity contribution in [3.63, 3.8) is 0 Å². The number of carbonyl (C=O) groups excluding carboxylic acids is 1. The lowest BCUT2D eigenvalue weighted by molar-refractivity contribution is -0.123. The van der Waals surface area contributed by atoms with E-state index >= 15 is 0 Å². The normalized spacial score (nSPS) is 35.5. The summed E-state index contributed by atoms with van der Waals surface area (Å²) in [4.78, 5) is 22.0. The molecular formula is C27H32N4O. The molecule has 3 heterocycles. The van der Waals surface area contributed by atoms with Crippen LogP contribution in [0.25, 0.3) is 5.57 Å². The van der Waals surface area contributed by atoms with E-state index in [0.29, 0.717) is 22.5 Å². The average molecular weight is 435 g/mol. The fourth-order valence-corrected chi connectivity index (χ4v) is 4.31. The molecule has 2 aliphatic heterocycles. The number of rotatable bonds is 4. The number of pyridine rings is 1. The number of fused-ring (bicyclic) bond motifs is 1. The van der Waals surface area contributed by atoms with Crippen molar-refractivity contribution in [1.82, 2.24) is 15.2 Å². The van der Waals surface area contributed by atoms with Crippen LogP contribution in [-0.2, 0) is 4.79 Å². The van der Waals surface area contributed by atoms with Gasteiger partial charge in [0, 0.05) is 62.5 Å². The number of piperazine rings is 1. The molecule has 1 amide bonds. The van der Waals surface area contributed by atoms with Gasteiger partial charge in [0.05, 0.1) is 11.6 Å². The zero-order chi connectivity index (χ0) is 27.5. The lowest BCUT2D eigenvalue weighted by atomic mass is 9.78. The van der Waals surface area contributed by atoms with Crippen LogP contribution in [0, 0.1) is 5.89 Å². The van der Waals surface area contributed by atoms with E-state index in [2.05, 4.69) is 28.6 Å². The first-order chi connectivity index (χ1) is 17.9. The number of aromatic nitrogens is 1. The van der Waals surface area contributed by atoms with Gasteiger partial charge in [-0.3, -0.25) is 14.7 Å². The molecule has 2 fully saturated rings. The minimum atomic E-state index is -2.86. The molecule has 5 nitrogen and oxygen atoms in total. The number of anilines is 1. The van der Waals surface area contributed by atoms with Crippen molar-refractivity contribution in [2.24, 2.45) is 5.89 Å². The second kappa shape index (κ2) is 8.91. The average Bonchev–Trinajstić information content (AvgIpc) is 2.93. The summed E-state index contributed by atoms with van der Waals surface area (Å²) < 4.78 is 53.7. The Morgan fingerprint density at radius 2 is 1.91 bits per heavy atom. The minimum Gasteiger partial charge on any atom is -0.369 e. The fraction of sp³-hybridized carbons (Fsp3) is 0.407. The molecule has 5 rings (SSSR count). The molecular weight excluding hydrogens is 396 g/mol. The van der Waals surface area contributed by atoms with Gasteiger partial charge < -0.3 is 10.2 Å². The molecule has 32 heavy (non-hydrogen) atoms. The first-order valence-electron chi connectivity index (χ1n) is 14.2. The van der Waals surface area contributed by atoms with Gasteiger partial charge in [-0.1, -0.05) is 24.3 Å². The number of piperidine rings is 1. The second-order valence-electron chi connectivity index (χ2n) is 8.53. The number of hydrogen-bond donors (Lipinski definition) is 1. The first-order valence-corrected chi connectivity index (χ1v) is 11.1. The van der Waals surface area contributed by atoms with Crippen LogP contribution >= 0.6 is 0 Å². The zero-order valence-electron chi connectivity index (χ0n) is 24.5. The molecule has 166 valence electrons. The summed E-state index contributed by atoms with van der Waals surface area (Å²) in [5.74, 6) is -6.21. The maximum atomic E-state index is 13.2. The number of carbonyl (C=O) groups is 1. The predicted molar refractivity (Wildman–Crippen MR) is 129 cm³/mol. The summed E-state index contributed by atoms with van der Waals surface area (Å²) in [6, 6.07) is 12.7. The van der Waals surface area contributed by atoms with E-state index in [1.54, 1.807) is 12.1 Å². The molecule has 3 aliphatic rings. The number of nitrogens with one attached hydrogen (secondary N) is 1. The van der Waals surface area contributed by atoms with E-state index in [4.69, 9.17) is 6.89 Å². The lowest BCUT2D eigenvalue weighted by Gasteiger charge is -2.38. The van der Waals surface area contributed by atoms with E-state index < -0.39 is 30.5 Å². The molecule has 1 N–H and O–H groups in total. The third-order valence-electron chi connectivity index (χ3n) is 6.22. The Hall–Kier alpha value is -2.92. The van der Waals surface area contributed by atoms with Crippen LogP contribution in [-0.4, -0.2) is 48.0 Å². The summed E-state index contributed by atoms with van der Waals surface area (Å²) in [6.07, 6.45) is -0.0601. The minimum absolute atomic E-state index is 0.192. The summed E-state index contributed by atoms with van der Waals surface area (Å²) in [6.45, 7) is 8.19. The monoisotopic (exact) mass is 434 g/mol. The highest BCUT2D eigenvalue weighted by molar-refractivity contribution is 5.86. The quantitative estimate of drug-likeness (QED) is 0.783. The molecule has 5 heteroatoms. The molecule has 0 saturated carbocycles. The maximum Gasteiger partial charge on any atom is 0.233 e. The molecule has 0 bridgehead atoms.